The summed E-state index contributed by atoms with van der Waals surface area (Å²) in [6.45, 7) is 5.75. The Morgan fingerprint density at radius 3 is 3.08 bits per heavy atom. The molecule has 0 aliphatic rings. The Kier molecular flexibility index (Phi) is 3.45. The van der Waals surface area contributed by atoms with Crippen molar-refractivity contribution in [1.29, 1.82) is 0 Å². The average molecular weight is 161 g/mol. The molecule has 3 nitrogen and oxygen atoms in total. The molecule has 0 fully saturated rings. The molecule has 1 N–H and O–H groups in total. The summed E-state index contributed by atoms with van der Waals surface area (Å²) < 4.78 is 0. The Labute approximate surface area is 72.9 Å². The van der Waals surface area contributed by atoms with Crippen LogP contribution >= 0.6 is 0 Å². The van der Waals surface area contributed by atoms with E-state index in [0.717, 1.165) is 12.2 Å². The fraction of sp³-hybridized carbons (Fsp3) is 0.375. The summed E-state index contributed by atoms with van der Waals surface area (Å²) in [7, 11) is 1.52. The fourth-order valence-corrected chi connectivity index (χ4v) is 0.996. The van der Waals surface area contributed by atoms with Gasteiger partial charge in [-0.2, -0.15) is 0 Å². The summed E-state index contributed by atoms with van der Waals surface area (Å²) in [5.74, 6) is 1.13. The van der Waals surface area contributed by atoms with E-state index in [0.29, 0.717) is 0 Å². The van der Waals surface area contributed by atoms with Gasteiger partial charge in [0.2, 0.25) is 0 Å². The number of H-pyrrole nitrogens is 1. The molecule has 1 heterocycles. The van der Waals surface area contributed by atoms with Crippen LogP contribution in [0.3, 0.4) is 0 Å². The van der Waals surface area contributed by atoms with Gasteiger partial charge in [0.25, 0.3) is 0 Å². The summed E-state index contributed by atoms with van der Waals surface area (Å²) >= 11 is 0. The minimum absolute atomic E-state index is 0.253. The molecule has 0 saturated heterocycles. The molecule has 62 valence electrons. The molecule has 0 amide bonds. The van der Waals surface area contributed by atoms with Crippen molar-refractivity contribution in [2.75, 3.05) is 0 Å². The van der Waals surface area contributed by atoms with E-state index < -0.39 is 0 Å². The number of nitrogens with one attached hydrogen (secondary N) is 1. The van der Waals surface area contributed by atoms with Gasteiger partial charge in [0.05, 0.1) is 0 Å². The number of aromatic amines is 1. The van der Waals surface area contributed by atoms with Crippen molar-refractivity contribution in [3.63, 3.8) is 0 Å². The summed E-state index contributed by atoms with van der Waals surface area (Å²) in [6, 6.07) is 0. The van der Waals surface area contributed by atoms with E-state index in [2.05, 4.69) is 27.7 Å². The molecule has 0 saturated carbocycles. The maximum absolute atomic E-state index is 4.07. The van der Waals surface area contributed by atoms with E-state index in [9.17, 15) is 0 Å². The number of hydrogen-bond acceptors (Lipinski definition) is 2. The standard InChI is InChI=1S/C8H12BN3/c1-3-5-6-7(4-2)8-10-9-12-11-8/h3-5,7H,2,6H2,1H3,(H,10,11)/t7-/m1/s1. The Morgan fingerprint density at radius 1 is 1.75 bits per heavy atom. The van der Waals surface area contributed by atoms with Crippen molar-refractivity contribution >= 4 is 7.19 Å². The van der Waals surface area contributed by atoms with E-state index in [1.165, 1.54) is 7.19 Å². The summed E-state index contributed by atoms with van der Waals surface area (Å²) in [5, 5.41) is 6.62. The Bertz CT molecular complexity index is 253. The zero-order valence-electron chi connectivity index (χ0n) is 7.20. The second kappa shape index (κ2) is 4.64. The molecular weight excluding hydrogens is 149 g/mol. The maximum atomic E-state index is 4.07. The molecule has 12 heavy (non-hydrogen) atoms. The molecular formula is C8H12BN3. The van der Waals surface area contributed by atoms with Crippen molar-refractivity contribution in [3.05, 3.63) is 30.6 Å². The van der Waals surface area contributed by atoms with Crippen LogP contribution in [0.25, 0.3) is 0 Å². The van der Waals surface area contributed by atoms with Crippen molar-refractivity contribution in [3.8, 4) is 0 Å². The van der Waals surface area contributed by atoms with E-state index >= 15 is 0 Å². The first-order chi connectivity index (χ1) is 5.88. The molecule has 0 aromatic carbocycles. The Hall–Kier alpha value is -1.19. The molecule has 0 bridgehead atoms. The number of aromatic nitrogens is 3. The molecule has 0 radical (unpaired) electrons. The second-order valence-corrected chi connectivity index (χ2v) is 2.52. The average Bonchev–Trinajstić information content (AvgIpc) is 2.59. The quantitative estimate of drug-likeness (QED) is 0.677. The van der Waals surface area contributed by atoms with Crippen LogP contribution in [0, 0.1) is 0 Å². The van der Waals surface area contributed by atoms with Gasteiger partial charge in [-0.3, -0.25) is 0 Å². The topological polar surface area (TPSA) is 41.6 Å². The van der Waals surface area contributed by atoms with E-state index in [1.807, 2.05) is 19.1 Å². The van der Waals surface area contributed by atoms with Gasteiger partial charge in [0, 0.05) is 0 Å². The molecule has 0 aliphatic heterocycles. The summed E-state index contributed by atoms with van der Waals surface area (Å²) in [4.78, 5) is 4.07. The Morgan fingerprint density at radius 2 is 2.58 bits per heavy atom. The molecule has 0 aliphatic carbocycles. The number of rotatable bonds is 4. The molecule has 0 spiro atoms. The number of allylic oxidation sites excluding steroid dienone is 3. The van der Waals surface area contributed by atoms with Crippen LogP contribution in [0.4, 0.5) is 0 Å². The van der Waals surface area contributed by atoms with Crippen LogP contribution in [0.2, 0.25) is 0 Å². The third-order valence-electron chi connectivity index (χ3n) is 1.70. The molecule has 4 heteroatoms. The van der Waals surface area contributed by atoms with E-state index in [-0.39, 0.29) is 5.92 Å². The minimum atomic E-state index is 0.253. The van der Waals surface area contributed by atoms with Gasteiger partial charge in [-0.05, 0) is 0 Å². The summed E-state index contributed by atoms with van der Waals surface area (Å²) in [5.41, 5.74) is 0. The van der Waals surface area contributed by atoms with Crippen LogP contribution in [0.5, 0.6) is 0 Å². The van der Waals surface area contributed by atoms with E-state index in [1.54, 1.807) is 0 Å². The van der Waals surface area contributed by atoms with Crippen molar-refractivity contribution in [2.45, 2.75) is 19.3 Å². The third kappa shape index (κ3) is 2.15. The monoisotopic (exact) mass is 161 g/mol. The molecule has 1 rings (SSSR count). The Balaban J connectivity index is 2.63. The van der Waals surface area contributed by atoms with Crippen LogP contribution in [-0.4, -0.2) is 22.2 Å². The van der Waals surface area contributed by atoms with Crippen LogP contribution in [0.15, 0.2) is 24.8 Å². The predicted octanol–water partition coefficient (Wildman–Crippen LogP) is 1.38. The van der Waals surface area contributed by atoms with Gasteiger partial charge in [-0.15, -0.1) is 0 Å². The first kappa shape index (κ1) is 8.91. The van der Waals surface area contributed by atoms with E-state index in [4.69, 9.17) is 0 Å². The number of hydrogen-bond donors (Lipinski definition) is 1. The van der Waals surface area contributed by atoms with Gasteiger partial charge in [0.1, 0.15) is 0 Å². The molecule has 1 aromatic rings. The van der Waals surface area contributed by atoms with Crippen molar-refractivity contribution in [1.82, 2.24) is 15.0 Å². The SMILES string of the molecule is C=C[C@H](CC=CC)c1nbn[nH]1. The zero-order valence-corrected chi connectivity index (χ0v) is 7.20. The van der Waals surface area contributed by atoms with Gasteiger partial charge in [0.15, 0.2) is 0 Å². The van der Waals surface area contributed by atoms with Gasteiger partial charge < -0.3 is 0 Å². The van der Waals surface area contributed by atoms with Crippen molar-refractivity contribution in [2.24, 2.45) is 0 Å². The van der Waals surface area contributed by atoms with Crippen LogP contribution < -0.4 is 0 Å². The summed E-state index contributed by atoms with van der Waals surface area (Å²) in [6.07, 6.45) is 6.91. The first-order valence-corrected chi connectivity index (χ1v) is 3.97. The molecule has 1 atom stereocenters. The third-order valence-corrected chi connectivity index (χ3v) is 1.70. The normalized spacial score (nSPS) is 13.1. The zero-order chi connectivity index (χ0) is 8.81. The molecule has 0 unspecified atom stereocenters. The fourth-order valence-electron chi connectivity index (χ4n) is 0.996. The number of nitrogens with zero attached hydrogens (tertiary/aromatic N) is 2. The van der Waals surface area contributed by atoms with Gasteiger partial charge >= 0.3 is 72.1 Å². The molecule has 1 aromatic heterocycles. The van der Waals surface area contributed by atoms with Crippen LogP contribution in [-0.2, 0) is 0 Å². The van der Waals surface area contributed by atoms with Crippen molar-refractivity contribution < 1.29 is 0 Å². The predicted molar refractivity (Wildman–Crippen MR) is 50.1 cm³/mol. The first-order valence-electron chi connectivity index (χ1n) is 3.97. The van der Waals surface area contributed by atoms with Gasteiger partial charge in [-0.25, -0.2) is 0 Å². The van der Waals surface area contributed by atoms with Crippen LogP contribution in [0.1, 0.15) is 25.1 Å². The second-order valence-electron chi connectivity index (χ2n) is 2.52. The van der Waals surface area contributed by atoms with Gasteiger partial charge in [-0.1, -0.05) is 0 Å².